The number of alkyl halides is 3. The van der Waals surface area contributed by atoms with E-state index in [1.165, 1.54) is 0 Å². The molecule has 0 spiro atoms. The molecule has 1 aromatic carbocycles. The molecule has 19 heavy (non-hydrogen) atoms. The molecule has 0 saturated heterocycles. The molecule has 1 unspecified atom stereocenters. The highest BCUT2D eigenvalue weighted by molar-refractivity contribution is 5.28. The average Bonchev–Trinajstić information content (AvgIpc) is 2.26. The summed E-state index contributed by atoms with van der Waals surface area (Å²) in [6, 6.07) is 7.15. The quantitative estimate of drug-likeness (QED) is 0.910. The number of benzene rings is 1. The lowest BCUT2D eigenvalue weighted by Crippen LogP contribution is -2.19. The fraction of sp³-hybridized carbons (Fsp3) is 0.571. The van der Waals surface area contributed by atoms with Gasteiger partial charge in [-0.3, -0.25) is 0 Å². The second-order valence-electron chi connectivity index (χ2n) is 5.52. The molecule has 1 N–H and O–H groups in total. The van der Waals surface area contributed by atoms with Crippen LogP contribution in [0.1, 0.15) is 38.0 Å². The van der Waals surface area contributed by atoms with Gasteiger partial charge >= 0.3 is 6.18 Å². The first-order valence-corrected chi connectivity index (χ1v) is 6.02. The third-order valence-electron chi connectivity index (χ3n) is 2.70. The Morgan fingerprint density at radius 3 is 2.05 bits per heavy atom. The molecule has 0 amide bonds. The van der Waals surface area contributed by atoms with Crippen LogP contribution in [0, 0.1) is 0 Å². The van der Waals surface area contributed by atoms with E-state index in [9.17, 15) is 18.3 Å². The number of hydrogen-bond acceptors (Lipinski definition) is 2. The smallest absolute Gasteiger partial charge is 0.386 e. The Bertz CT molecular complexity index is 391. The molecule has 0 saturated carbocycles. The minimum atomic E-state index is -4.37. The maximum Gasteiger partial charge on any atom is 0.411 e. The third-order valence-corrected chi connectivity index (χ3v) is 2.70. The summed E-state index contributed by atoms with van der Waals surface area (Å²) in [5.74, 6) is 0. The maximum absolute atomic E-state index is 11.9. The fourth-order valence-corrected chi connectivity index (χ4v) is 1.59. The van der Waals surface area contributed by atoms with Gasteiger partial charge < -0.3 is 9.84 Å². The minimum Gasteiger partial charge on any atom is -0.386 e. The molecule has 1 atom stereocenters. The van der Waals surface area contributed by atoms with Gasteiger partial charge in [0.2, 0.25) is 0 Å². The van der Waals surface area contributed by atoms with Crippen molar-refractivity contribution in [3.63, 3.8) is 0 Å². The monoisotopic (exact) mass is 276 g/mol. The highest BCUT2D eigenvalue weighted by Gasteiger charge is 2.27. The van der Waals surface area contributed by atoms with Crippen LogP contribution in [0.15, 0.2) is 24.3 Å². The molecule has 1 aromatic rings. The van der Waals surface area contributed by atoms with Gasteiger partial charge in [0.05, 0.1) is 6.61 Å². The Balaban J connectivity index is 2.56. The van der Waals surface area contributed by atoms with Crippen LogP contribution in [-0.4, -0.2) is 24.5 Å². The number of aliphatic hydroxyl groups is 1. The van der Waals surface area contributed by atoms with Crippen LogP contribution >= 0.6 is 0 Å². The van der Waals surface area contributed by atoms with E-state index in [1.54, 1.807) is 12.1 Å². The molecule has 0 aliphatic carbocycles. The lowest BCUT2D eigenvalue weighted by molar-refractivity contribution is -0.179. The van der Waals surface area contributed by atoms with Crippen molar-refractivity contribution in [2.75, 3.05) is 13.2 Å². The van der Waals surface area contributed by atoms with E-state index in [2.05, 4.69) is 25.5 Å². The van der Waals surface area contributed by atoms with Gasteiger partial charge in [-0.25, -0.2) is 0 Å². The summed E-state index contributed by atoms with van der Waals surface area (Å²) in [7, 11) is 0. The van der Waals surface area contributed by atoms with E-state index in [4.69, 9.17) is 0 Å². The standard InChI is InChI=1S/C14H19F3O2/c1-13(2,3)11-6-4-10(5-7-11)12(18)8-19-9-14(15,16)17/h4-7,12,18H,8-9H2,1-3H3. The van der Waals surface area contributed by atoms with Crippen molar-refractivity contribution >= 4 is 0 Å². The van der Waals surface area contributed by atoms with Crippen molar-refractivity contribution in [1.82, 2.24) is 0 Å². The van der Waals surface area contributed by atoms with Crippen molar-refractivity contribution in [2.24, 2.45) is 0 Å². The van der Waals surface area contributed by atoms with Crippen molar-refractivity contribution in [1.29, 1.82) is 0 Å². The van der Waals surface area contributed by atoms with Crippen LogP contribution in [0.25, 0.3) is 0 Å². The highest BCUT2D eigenvalue weighted by atomic mass is 19.4. The molecule has 0 aliphatic rings. The van der Waals surface area contributed by atoms with E-state index in [0.29, 0.717) is 5.56 Å². The fourth-order valence-electron chi connectivity index (χ4n) is 1.59. The van der Waals surface area contributed by atoms with Crippen LogP contribution in [-0.2, 0) is 10.2 Å². The Hall–Kier alpha value is -1.07. The van der Waals surface area contributed by atoms with Crippen molar-refractivity contribution < 1.29 is 23.0 Å². The molecule has 108 valence electrons. The van der Waals surface area contributed by atoms with Crippen molar-refractivity contribution in [3.8, 4) is 0 Å². The molecule has 0 fully saturated rings. The topological polar surface area (TPSA) is 29.5 Å². The largest absolute Gasteiger partial charge is 0.411 e. The Morgan fingerprint density at radius 2 is 1.63 bits per heavy atom. The molecule has 0 aromatic heterocycles. The predicted molar refractivity (Wildman–Crippen MR) is 67.0 cm³/mol. The molecular weight excluding hydrogens is 257 g/mol. The molecular formula is C14H19F3O2. The van der Waals surface area contributed by atoms with Gasteiger partial charge in [-0.2, -0.15) is 13.2 Å². The van der Waals surface area contributed by atoms with Gasteiger partial charge in [-0.1, -0.05) is 45.0 Å². The predicted octanol–water partition coefficient (Wildman–Crippen LogP) is 3.60. The van der Waals surface area contributed by atoms with Crippen LogP contribution in [0.5, 0.6) is 0 Å². The Labute approximate surface area is 111 Å². The lowest BCUT2D eigenvalue weighted by Gasteiger charge is -2.20. The summed E-state index contributed by atoms with van der Waals surface area (Å²) >= 11 is 0. The minimum absolute atomic E-state index is 0.00370. The number of halogens is 3. The maximum atomic E-state index is 11.9. The summed E-state index contributed by atoms with van der Waals surface area (Å²) in [4.78, 5) is 0. The summed E-state index contributed by atoms with van der Waals surface area (Å²) in [6.45, 7) is 4.47. The van der Waals surface area contributed by atoms with Gasteiger partial charge in [-0.05, 0) is 16.5 Å². The van der Waals surface area contributed by atoms with E-state index < -0.39 is 18.9 Å². The highest BCUT2D eigenvalue weighted by Crippen LogP contribution is 2.24. The first-order valence-electron chi connectivity index (χ1n) is 6.02. The zero-order chi connectivity index (χ0) is 14.7. The first kappa shape index (κ1) is 16.0. The summed E-state index contributed by atoms with van der Waals surface area (Å²) in [5, 5.41) is 9.72. The summed E-state index contributed by atoms with van der Waals surface area (Å²) < 4.78 is 40.1. The van der Waals surface area contributed by atoms with Crippen LogP contribution in [0.4, 0.5) is 13.2 Å². The van der Waals surface area contributed by atoms with E-state index in [0.717, 1.165) is 5.56 Å². The number of hydrogen-bond donors (Lipinski definition) is 1. The SMILES string of the molecule is CC(C)(C)c1ccc(C(O)COCC(F)(F)F)cc1. The second kappa shape index (κ2) is 5.92. The van der Waals surface area contributed by atoms with Gasteiger partial charge in [0.15, 0.2) is 0 Å². The van der Waals surface area contributed by atoms with E-state index in [-0.39, 0.29) is 12.0 Å². The third kappa shape index (κ3) is 5.61. The van der Waals surface area contributed by atoms with Gasteiger partial charge in [-0.15, -0.1) is 0 Å². The Kier molecular flexibility index (Phi) is 4.98. The van der Waals surface area contributed by atoms with E-state index >= 15 is 0 Å². The normalized spacial score (nSPS) is 14.5. The molecule has 1 rings (SSSR count). The molecule has 2 nitrogen and oxygen atoms in total. The lowest BCUT2D eigenvalue weighted by atomic mass is 9.86. The average molecular weight is 276 g/mol. The first-order chi connectivity index (χ1) is 8.59. The second-order valence-corrected chi connectivity index (χ2v) is 5.52. The van der Waals surface area contributed by atoms with Crippen LogP contribution in [0.2, 0.25) is 0 Å². The number of aliphatic hydroxyl groups excluding tert-OH is 1. The molecule has 0 aliphatic heterocycles. The molecule has 0 radical (unpaired) electrons. The zero-order valence-electron chi connectivity index (χ0n) is 11.3. The number of ether oxygens (including phenoxy) is 1. The summed E-state index contributed by atoms with van der Waals surface area (Å²) in [5.41, 5.74) is 1.64. The van der Waals surface area contributed by atoms with Crippen LogP contribution in [0.3, 0.4) is 0 Å². The molecule has 0 bridgehead atoms. The molecule has 0 heterocycles. The summed E-state index contributed by atoms with van der Waals surface area (Å²) in [6.07, 6.45) is -5.41. The molecule has 5 heteroatoms. The van der Waals surface area contributed by atoms with Gasteiger partial charge in [0.1, 0.15) is 12.7 Å². The Morgan fingerprint density at radius 1 is 1.11 bits per heavy atom. The number of rotatable bonds is 4. The van der Waals surface area contributed by atoms with Crippen molar-refractivity contribution in [2.45, 2.75) is 38.5 Å². The van der Waals surface area contributed by atoms with Gasteiger partial charge in [0, 0.05) is 0 Å². The van der Waals surface area contributed by atoms with Crippen molar-refractivity contribution in [3.05, 3.63) is 35.4 Å². The van der Waals surface area contributed by atoms with E-state index in [1.807, 2.05) is 12.1 Å². The van der Waals surface area contributed by atoms with Gasteiger partial charge in [0.25, 0.3) is 0 Å². The zero-order valence-corrected chi connectivity index (χ0v) is 11.3. The van der Waals surface area contributed by atoms with Crippen LogP contribution < -0.4 is 0 Å².